The average molecular weight is 332 g/mol. The zero-order chi connectivity index (χ0) is 17.7. The van der Waals surface area contributed by atoms with Gasteiger partial charge in [-0.25, -0.2) is 0 Å². The molecule has 0 spiro atoms. The summed E-state index contributed by atoms with van der Waals surface area (Å²) in [6.45, 7) is 12.4. The van der Waals surface area contributed by atoms with Gasteiger partial charge in [0, 0.05) is 23.0 Å². The topological polar surface area (TPSA) is 49.7 Å². The van der Waals surface area contributed by atoms with Gasteiger partial charge in [0.05, 0.1) is 6.61 Å². The van der Waals surface area contributed by atoms with Crippen molar-refractivity contribution in [3.63, 3.8) is 0 Å². The zero-order valence-corrected chi connectivity index (χ0v) is 15.7. The lowest BCUT2D eigenvalue weighted by atomic mass is 9.47. The van der Waals surface area contributed by atoms with Gasteiger partial charge in [-0.3, -0.25) is 0 Å². The van der Waals surface area contributed by atoms with Gasteiger partial charge >= 0.3 is 0 Å². The standard InChI is InChI=1S/C21H32O3/c1-6-8-20(4)15(13(2)3)7-9-21(5)16-10-14(22)11-17(23)19(16)24-12-18(20)21/h10-11,13,15,18,22-23H,6-9,12H2,1-5H3. The summed E-state index contributed by atoms with van der Waals surface area (Å²) in [4.78, 5) is 0. The van der Waals surface area contributed by atoms with Crippen LogP contribution in [0.4, 0.5) is 0 Å². The van der Waals surface area contributed by atoms with Crippen molar-refractivity contribution in [1.29, 1.82) is 0 Å². The van der Waals surface area contributed by atoms with Crippen molar-refractivity contribution in [3.8, 4) is 17.2 Å². The Hall–Kier alpha value is -1.38. The highest BCUT2D eigenvalue weighted by Gasteiger charge is 2.57. The van der Waals surface area contributed by atoms with Crippen LogP contribution in [0.2, 0.25) is 0 Å². The quantitative estimate of drug-likeness (QED) is 0.796. The summed E-state index contributed by atoms with van der Waals surface area (Å²) in [7, 11) is 0. The third-order valence-corrected chi connectivity index (χ3v) is 7.04. The summed E-state index contributed by atoms with van der Waals surface area (Å²) >= 11 is 0. The Labute approximate surface area is 146 Å². The Morgan fingerprint density at radius 1 is 1.25 bits per heavy atom. The molecule has 2 N–H and O–H groups in total. The molecule has 1 saturated carbocycles. The number of hydrogen-bond donors (Lipinski definition) is 2. The molecule has 0 radical (unpaired) electrons. The largest absolute Gasteiger partial charge is 0.508 e. The first kappa shape index (κ1) is 17.4. The number of phenolic OH excluding ortho intramolecular Hbond substituents is 2. The van der Waals surface area contributed by atoms with E-state index in [0.717, 1.165) is 12.0 Å². The first-order chi connectivity index (χ1) is 11.2. The Kier molecular flexibility index (Phi) is 4.26. The first-order valence-corrected chi connectivity index (χ1v) is 9.43. The van der Waals surface area contributed by atoms with Crippen molar-refractivity contribution in [2.45, 2.75) is 65.7 Å². The fourth-order valence-electron chi connectivity index (χ4n) is 5.98. The number of rotatable bonds is 3. The number of aromatic hydroxyl groups is 2. The minimum absolute atomic E-state index is 0.0564. The maximum Gasteiger partial charge on any atom is 0.164 e. The highest BCUT2D eigenvalue weighted by molar-refractivity contribution is 5.55. The molecule has 1 fully saturated rings. The number of hydrogen-bond acceptors (Lipinski definition) is 3. The normalized spacial score (nSPS) is 35.2. The number of ether oxygens (including phenoxy) is 1. The smallest absolute Gasteiger partial charge is 0.164 e. The van der Waals surface area contributed by atoms with Crippen LogP contribution < -0.4 is 4.74 Å². The van der Waals surface area contributed by atoms with Gasteiger partial charge in [0.15, 0.2) is 11.5 Å². The predicted molar refractivity (Wildman–Crippen MR) is 96.7 cm³/mol. The molecule has 1 aliphatic heterocycles. The van der Waals surface area contributed by atoms with E-state index in [1.165, 1.54) is 25.3 Å². The monoisotopic (exact) mass is 332 g/mol. The molecule has 134 valence electrons. The number of phenols is 2. The van der Waals surface area contributed by atoms with Crippen LogP contribution in [0, 0.1) is 23.2 Å². The van der Waals surface area contributed by atoms with Gasteiger partial charge in [0.25, 0.3) is 0 Å². The second-order valence-electron chi connectivity index (χ2n) is 8.77. The molecule has 4 unspecified atom stereocenters. The number of fused-ring (bicyclic) bond motifs is 3. The summed E-state index contributed by atoms with van der Waals surface area (Å²) in [5, 5.41) is 20.3. The Morgan fingerprint density at radius 2 is 1.96 bits per heavy atom. The molecule has 3 rings (SSSR count). The lowest BCUT2D eigenvalue weighted by Crippen LogP contribution is -2.56. The van der Waals surface area contributed by atoms with Crippen molar-refractivity contribution >= 4 is 0 Å². The van der Waals surface area contributed by atoms with Crippen molar-refractivity contribution in [1.82, 2.24) is 0 Å². The maximum absolute atomic E-state index is 10.2. The van der Waals surface area contributed by atoms with Crippen molar-refractivity contribution in [2.75, 3.05) is 6.61 Å². The molecule has 1 heterocycles. The molecule has 0 aromatic heterocycles. The van der Waals surface area contributed by atoms with E-state index < -0.39 is 0 Å². The fourth-order valence-corrected chi connectivity index (χ4v) is 5.98. The van der Waals surface area contributed by atoms with Crippen molar-refractivity contribution in [2.24, 2.45) is 23.2 Å². The summed E-state index contributed by atoms with van der Waals surface area (Å²) in [6, 6.07) is 3.19. The summed E-state index contributed by atoms with van der Waals surface area (Å²) in [5.41, 5.74) is 1.15. The predicted octanol–water partition coefficient (Wildman–Crippen LogP) is 5.24. The van der Waals surface area contributed by atoms with Crippen molar-refractivity contribution < 1.29 is 14.9 Å². The van der Waals surface area contributed by atoms with E-state index in [0.29, 0.717) is 30.1 Å². The molecule has 2 aliphatic rings. The molecule has 4 atom stereocenters. The molecular weight excluding hydrogens is 300 g/mol. The minimum atomic E-state index is -0.0564. The van der Waals surface area contributed by atoms with E-state index in [1.54, 1.807) is 0 Å². The van der Waals surface area contributed by atoms with Gasteiger partial charge in [0.2, 0.25) is 0 Å². The van der Waals surface area contributed by atoms with Crippen LogP contribution in [0.5, 0.6) is 17.2 Å². The third-order valence-electron chi connectivity index (χ3n) is 7.04. The van der Waals surface area contributed by atoms with Crippen molar-refractivity contribution in [3.05, 3.63) is 17.7 Å². The molecule has 0 bridgehead atoms. The molecule has 1 aromatic carbocycles. The third kappa shape index (κ3) is 2.39. The van der Waals surface area contributed by atoms with Crippen LogP contribution >= 0.6 is 0 Å². The molecule has 3 nitrogen and oxygen atoms in total. The zero-order valence-electron chi connectivity index (χ0n) is 15.7. The molecule has 0 saturated heterocycles. The van der Waals surface area contributed by atoms with E-state index in [2.05, 4.69) is 34.6 Å². The minimum Gasteiger partial charge on any atom is -0.508 e. The summed E-state index contributed by atoms with van der Waals surface area (Å²) < 4.78 is 6.05. The van der Waals surface area contributed by atoms with Crippen LogP contribution in [0.15, 0.2) is 12.1 Å². The SMILES string of the molecule is CCCC1(C)C(C(C)C)CCC2(C)c3cc(O)cc(O)c3OCC21. The maximum atomic E-state index is 10.2. The molecule has 1 aliphatic carbocycles. The van der Waals surface area contributed by atoms with Crippen LogP contribution in [-0.2, 0) is 5.41 Å². The van der Waals surface area contributed by atoms with E-state index in [1.807, 2.05) is 6.07 Å². The van der Waals surface area contributed by atoms with Gasteiger partial charge in [0.1, 0.15) is 5.75 Å². The summed E-state index contributed by atoms with van der Waals surface area (Å²) in [6.07, 6.45) is 4.64. The van der Waals surface area contributed by atoms with E-state index >= 15 is 0 Å². The number of benzene rings is 1. The van der Waals surface area contributed by atoms with E-state index in [9.17, 15) is 10.2 Å². The Morgan fingerprint density at radius 3 is 2.58 bits per heavy atom. The Bertz CT molecular complexity index is 624. The highest BCUT2D eigenvalue weighted by atomic mass is 16.5. The molecule has 3 heteroatoms. The Balaban J connectivity index is 2.12. The first-order valence-electron chi connectivity index (χ1n) is 9.43. The molecular formula is C21H32O3. The van der Waals surface area contributed by atoms with E-state index in [-0.39, 0.29) is 22.3 Å². The molecule has 0 amide bonds. The fraction of sp³-hybridized carbons (Fsp3) is 0.714. The van der Waals surface area contributed by atoms with Gasteiger partial charge in [-0.15, -0.1) is 0 Å². The van der Waals surface area contributed by atoms with Crippen LogP contribution in [0.25, 0.3) is 0 Å². The summed E-state index contributed by atoms with van der Waals surface area (Å²) in [5.74, 6) is 2.51. The second kappa shape index (κ2) is 5.86. The van der Waals surface area contributed by atoms with E-state index in [4.69, 9.17) is 4.74 Å². The molecule has 24 heavy (non-hydrogen) atoms. The highest BCUT2D eigenvalue weighted by Crippen LogP contribution is 2.62. The van der Waals surface area contributed by atoms with Crippen LogP contribution in [0.1, 0.15) is 65.9 Å². The lowest BCUT2D eigenvalue weighted by molar-refractivity contribution is -0.0758. The van der Waals surface area contributed by atoms with Gasteiger partial charge in [-0.05, 0) is 42.6 Å². The average Bonchev–Trinajstić information content (AvgIpc) is 2.47. The van der Waals surface area contributed by atoms with Gasteiger partial charge < -0.3 is 14.9 Å². The second-order valence-corrected chi connectivity index (χ2v) is 8.77. The van der Waals surface area contributed by atoms with Gasteiger partial charge in [-0.1, -0.05) is 41.0 Å². The lowest BCUT2D eigenvalue weighted by Gasteiger charge is -2.59. The molecule has 1 aromatic rings. The van der Waals surface area contributed by atoms with Crippen LogP contribution in [-0.4, -0.2) is 16.8 Å². The van der Waals surface area contributed by atoms with Gasteiger partial charge in [-0.2, -0.15) is 0 Å². The van der Waals surface area contributed by atoms with Crippen LogP contribution in [0.3, 0.4) is 0 Å².